The number of amides is 1. The van der Waals surface area contributed by atoms with E-state index in [1.165, 1.54) is 42.2 Å². The fourth-order valence-corrected chi connectivity index (χ4v) is 4.60. The first-order chi connectivity index (χ1) is 14.7. The molecular weight excluding hydrogens is 396 g/mol. The Labute approximate surface area is 181 Å². The third-order valence-electron chi connectivity index (χ3n) is 5.33. The van der Waals surface area contributed by atoms with Gasteiger partial charge in [-0.15, -0.1) is 10.2 Å². The summed E-state index contributed by atoms with van der Waals surface area (Å²) in [5, 5.41) is 12.4. The zero-order chi connectivity index (χ0) is 20.9. The predicted molar refractivity (Wildman–Crippen MR) is 120 cm³/mol. The summed E-state index contributed by atoms with van der Waals surface area (Å²) in [6.07, 6.45) is 4.82. The Morgan fingerprint density at radius 2 is 1.97 bits per heavy atom. The molecule has 156 valence electrons. The largest absolute Gasteiger partial charge is 0.497 e. The van der Waals surface area contributed by atoms with Crippen molar-refractivity contribution in [2.24, 2.45) is 0 Å². The molecule has 0 fully saturated rings. The van der Waals surface area contributed by atoms with Crippen LogP contribution in [0.15, 0.2) is 47.6 Å². The van der Waals surface area contributed by atoms with Gasteiger partial charge in [-0.25, -0.2) is 0 Å². The van der Waals surface area contributed by atoms with Gasteiger partial charge in [0.05, 0.1) is 12.9 Å². The number of nitrogens with zero attached hydrogens (tertiary/aromatic N) is 3. The van der Waals surface area contributed by atoms with E-state index in [1.54, 1.807) is 13.2 Å². The second kappa shape index (κ2) is 9.34. The Morgan fingerprint density at radius 3 is 2.77 bits per heavy atom. The Bertz CT molecular complexity index is 1050. The van der Waals surface area contributed by atoms with Crippen molar-refractivity contribution in [3.8, 4) is 17.1 Å². The number of thioether (sulfide) groups is 1. The number of rotatable bonds is 7. The van der Waals surface area contributed by atoms with E-state index < -0.39 is 0 Å². The topological polar surface area (TPSA) is 69.0 Å². The molecule has 0 saturated carbocycles. The van der Waals surface area contributed by atoms with Crippen LogP contribution in [0.5, 0.6) is 5.75 Å². The summed E-state index contributed by atoms with van der Waals surface area (Å²) >= 11 is 1.40. The van der Waals surface area contributed by atoms with Crippen molar-refractivity contribution < 1.29 is 9.53 Å². The summed E-state index contributed by atoms with van der Waals surface area (Å²) in [7, 11) is 1.61. The molecule has 0 unspecified atom stereocenters. The van der Waals surface area contributed by atoms with Crippen LogP contribution in [-0.2, 0) is 24.2 Å². The van der Waals surface area contributed by atoms with E-state index in [2.05, 4.69) is 45.2 Å². The van der Waals surface area contributed by atoms with Gasteiger partial charge in [-0.05, 0) is 61.9 Å². The molecule has 7 heteroatoms. The number of aryl methyl sites for hydroxylation is 2. The van der Waals surface area contributed by atoms with E-state index in [4.69, 9.17) is 4.74 Å². The minimum Gasteiger partial charge on any atom is -0.497 e. The first-order valence-corrected chi connectivity index (χ1v) is 11.3. The summed E-state index contributed by atoms with van der Waals surface area (Å²) in [5.41, 5.74) is 4.69. The Hall–Kier alpha value is -2.80. The van der Waals surface area contributed by atoms with Gasteiger partial charge in [0.15, 0.2) is 11.0 Å². The molecule has 1 heterocycles. The van der Waals surface area contributed by atoms with Gasteiger partial charge in [0.25, 0.3) is 0 Å². The Morgan fingerprint density at radius 1 is 1.13 bits per heavy atom. The highest BCUT2D eigenvalue weighted by Gasteiger charge is 2.17. The molecule has 1 aromatic heterocycles. The Balaban J connectivity index is 1.45. The SMILES string of the molecule is CCn1c(SCC(=O)Nc2cccc(OC)c2)nnc1-c1ccc2c(c1)CCCC2. The quantitative estimate of drug-likeness (QED) is 0.564. The first kappa shape index (κ1) is 20.5. The summed E-state index contributed by atoms with van der Waals surface area (Å²) in [4.78, 5) is 12.4. The van der Waals surface area contributed by atoms with Crippen molar-refractivity contribution in [2.45, 2.75) is 44.3 Å². The Kier molecular flexibility index (Phi) is 6.38. The molecule has 1 aliphatic rings. The highest BCUT2D eigenvalue weighted by Crippen LogP contribution is 2.29. The molecule has 1 aliphatic carbocycles. The van der Waals surface area contributed by atoms with Gasteiger partial charge in [0, 0.05) is 23.9 Å². The summed E-state index contributed by atoms with van der Waals surface area (Å²) in [6.45, 7) is 2.82. The molecule has 0 saturated heterocycles. The summed E-state index contributed by atoms with van der Waals surface area (Å²) in [6, 6.07) is 14.0. The third kappa shape index (κ3) is 4.51. The molecule has 6 nitrogen and oxygen atoms in total. The monoisotopic (exact) mass is 422 g/mol. The van der Waals surface area contributed by atoms with Crippen LogP contribution in [0, 0.1) is 0 Å². The maximum Gasteiger partial charge on any atom is 0.234 e. The molecule has 0 aliphatic heterocycles. The molecule has 3 aromatic rings. The van der Waals surface area contributed by atoms with Crippen LogP contribution in [0.2, 0.25) is 0 Å². The number of hydrogen-bond donors (Lipinski definition) is 1. The lowest BCUT2D eigenvalue weighted by Gasteiger charge is -2.16. The average Bonchev–Trinajstić information content (AvgIpc) is 3.20. The number of fused-ring (bicyclic) bond motifs is 1. The smallest absolute Gasteiger partial charge is 0.234 e. The number of carbonyl (C=O) groups excluding carboxylic acids is 1. The van der Waals surface area contributed by atoms with Crippen LogP contribution < -0.4 is 10.1 Å². The third-order valence-corrected chi connectivity index (χ3v) is 6.29. The van der Waals surface area contributed by atoms with Crippen molar-refractivity contribution in [3.63, 3.8) is 0 Å². The number of anilines is 1. The standard InChI is InChI=1S/C23H26N4O2S/c1-3-27-22(18-12-11-16-7-4-5-8-17(16)13-18)25-26-23(27)30-15-21(28)24-19-9-6-10-20(14-19)29-2/h6,9-14H,3-5,7-8,15H2,1-2H3,(H,24,28). The molecule has 4 rings (SSSR count). The minimum atomic E-state index is -0.0887. The number of benzene rings is 2. The van der Waals surface area contributed by atoms with Crippen molar-refractivity contribution in [3.05, 3.63) is 53.6 Å². The van der Waals surface area contributed by atoms with Gasteiger partial charge in [-0.1, -0.05) is 30.0 Å². The van der Waals surface area contributed by atoms with Crippen molar-refractivity contribution >= 4 is 23.4 Å². The van der Waals surface area contributed by atoms with E-state index in [-0.39, 0.29) is 11.7 Å². The van der Waals surface area contributed by atoms with E-state index in [1.807, 2.05) is 18.2 Å². The molecule has 2 aromatic carbocycles. The second-order valence-corrected chi connectivity index (χ2v) is 8.25. The molecule has 1 N–H and O–H groups in total. The fourth-order valence-electron chi connectivity index (χ4n) is 3.79. The van der Waals surface area contributed by atoms with E-state index >= 15 is 0 Å². The minimum absolute atomic E-state index is 0.0887. The lowest BCUT2D eigenvalue weighted by Crippen LogP contribution is -2.14. The maximum absolute atomic E-state index is 12.4. The molecule has 0 spiro atoms. The van der Waals surface area contributed by atoms with Crippen LogP contribution in [-0.4, -0.2) is 33.5 Å². The van der Waals surface area contributed by atoms with Gasteiger partial charge in [0.2, 0.25) is 5.91 Å². The normalized spacial score (nSPS) is 13.0. The average molecular weight is 423 g/mol. The number of aromatic nitrogens is 3. The maximum atomic E-state index is 12.4. The van der Waals surface area contributed by atoms with Gasteiger partial charge in [-0.2, -0.15) is 0 Å². The zero-order valence-corrected chi connectivity index (χ0v) is 18.2. The van der Waals surface area contributed by atoms with E-state index in [0.717, 1.165) is 29.5 Å². The fraction of sp³-hybridized carbons (Fsp3) is 0.348. The molecule has 1 amide bonds. The number of nitrogens with one attached hydrogen (secondary N) is 1. The number of carbonyl (C=O) groups is 1. The van der Waals surface area contributed by atoms with Gasteiger partial charge in [-0.3, -0.25) is 4.79 Å². The second-order valence-electron chi connectivity index (χ2n) is 7.31. The van der Waals surface area contributed by atoms with Gasteiger partial charge >= 0.3 is 0 Å². The van der Waals surface area contributed by atoms with Crippen LogP contribution >= 0.6 is 11.8 Å². The predicted octanol–water partition coefficient (Wildman–Crippen LogP) is 4.58. The molecule has 0 bridgehead atoms. The number of methoxy groups -OCH3 is 1. The van der Waals surface area contributed by atoms with Crippen LogP contribution in [0.1, 0.15) is 30.9 Å². The summed E-state index contributed by atoms with van der Waals surface area (Å²) < 4.78 is 7.27. The number of ether oxygens (including phenoxy) is 1. The van der Waals surface area contributed by atoms with Gasteiger partial charge < -0.3 is 14.6 Å². The van der Waals surface area contributed by atoms with Crippen LogP contribution in [0.3, 0.4) is 0 Å². The van der Waals surface area contributed by atoms with E-state index in [9.17, 15) is 4.79 Å². The van der Waals surface area contributed by atoms with Crippen molar-refractivity contribution in [1.29, 1.82) is 0 Å². The molecule has 0 radical (unpaired) electrons. The van der Waals surface area contributed by atoms with Crippen molar-refractivity contribution in [1.82, 2.24) is 14.8 Å². The molecule has 30 heavy (non-hydrogen) atoms. The highest BCUT2D eigenvalue weighted by atomic mass is 32.2. The zero-order valence-electron chi connectivity index (χ0n) is 17.4. The van der Waals surface area contributed by atoms with Gasteiger partial charge in [0.1, 0.15) is 5.75 Å². The highest BCUT2D eigenvalue weighted by molar-refractivity contribution is 7.99. The van der Waals surface area contributed by atoms with Crippen molar-refractivity contribution in [2.75, 3.05) is 18.2 Å². The summed E-state index contributed by atoms with van der Waals surface area (Å²) in [5.74, 6) is 1.75. The number of hydrogen-bond acceptors (Lipinski definition) is 5. The van der Waals surface area contributed by atoms with E-state index in [0.29, 0.717) is 11.4 Å². The lowest BCUT2D eigenvalue weighted by atomic mass is 9.90. The lowest BCUT2D eigenvalue weighted by molar-refractivity contribution is -0.113. The molecule has 0 atom stereocenters. The first-order valence-electron chi connectivity index (χ1n) is 10.3. The molecular formula is C23H26N4O2S. The van der Waals surface area contributed by atoms with Crippen LogP contribution in [0.25, 0.3) is 11.4 Å². The van der Waals surface area contributed by atoms with Crippen LogP contribution in [0.4, 0.5) is 5.69 Å².